The maximum atomic E-state index is 11.1. The van der Waals surface area contributed by atoms with Gasteiger partial charge < -0.3 is 14.7 Å². The lowest BCUT2D eigenvalue weighted by Crippen LogP contribution is -2.41. The standard InChI is InChI=1S/C11H15N3O3/c1-7-3-4-12-11(13-7)14(2)9-6-17-5-8(9)10(15)16/h3-4,8-9H,5-6H2,1-2H3,(H,15,16). The van der Waals surface area contributed by atoms with Crippen LogP contribution >= 0.6 is 0 Å². The van der Waals surface area contributed by atoms with Crippen LogP contribution in [0.15, 0.2) is 12.3 Å². The number of aromatic nitrogens is 2. The van der Waals surface area contributed by atoms with Crippen LogP contribution in [0.2, 0.25) is 0 Å². The molecule has 6 heteroatoms. The zero-order valence-corrected chi connectivity index (χ0v) is 9.83. The Morgan fingerprint density at radius 2 is 2.35 bits per heavy atom. The lowest BCUT2D eigenvalue weighted by molar-refractivity contribution is -0.141. The number of aryl methyl sites for hydroxylation is 1. The first-order chi connectivity index (χ1) is 8.09. The summed E-state index contributed by atoms with van der Waals surface area (Å²) in [5.74, 6) is -0.831. The third-order valence-electron chi connectivity index (χ3n) is 2.96. The van der Waals surface area contributed by atoms with E-state index >= 15 is 0 Å². The van der Waals surface area contributed by atoms with Crippen LogP contribution in [0, 0.1) is 12.8 Å². The lowest BCUT2D eigenvalue weighted by atomic mass is 10.0. The maximum absolute atomic E-state index is 11.1. The molecule has 0 aliphatic carbocycles. The van der Waals surface area contributed by atoms with Crippen molar-refractivity contribution in [2.45, 2.75) is 13.0 Å². The van der Waals surface area contributed by atoms with Crippen LogP contribution in [0.5, 0.6) is 0 Å². The summed E-state index contributed by atoms with van der Waals surface area (Å²) in [7, 11) is 1.80. The van der Waals surface area contributed by atoms with Crippen molar-refractivity contribution in [1.29, 1.82) is 0 Å². The Kier molecular flexibility index (Phi) is 3.23. The molecule has 2 rings (SSSR count). The molecule has 0 radical (unpaired) electrons. The van der Waals surface area contributed by atoms with Gasteiger partial charge in [0.05, 0.1) is 19.3 Å². The number of likely N-dealkylation sites (N-methyl/N-ethyl adjacent to an activating group) is 1. The number of rotatable bonds is 3. The van der Waals surface area contributed by atoms with E-state index in [4.69, 9.17) is 9.84 Å². The Balaban J connectivity index is 2.19. The topological polar surface area (TPSA) is 75.6 Å². The molecule has 2 heterocycles. The number of carboxylic acids is 1. The van der Waals surface area contributed by atoms with E-state index < -0.39 is 11.9 Å². The summed E-state index contributed by atoms with van der Waals surface area (Å²) < 4.78 is 5.23. The molecule has 0 amide bonds. The van der Waals surface area contributed by atoms with Crippen LogP contribution in [0.25, 0.3) is 0 Å². The van der Waals surface area contributed by atoms with Gasteiger partial charge in [-0.3, -0.25) is 4.79 Å². The third-order valence-corrected chi connectivity index (χ3v) is 2.96. The molecule has 0 spiro atoms. The maximum Gasteiger partial charge on any atom is 0.311 e. The smallest absolute Gasteiger partial charge is 0.311 e. The highest BCUT2D eigenvalue weighted by molar-refractivity contribution is 5.72. The first-order valence-electron chi connectivity index (χ1n) is 5.42. The molecule has 1 saturated heterocycles. The van der Waals surface area contributed by atoms with Crippen molar-refractivity contribution in [3.05, 3.63) is 18.0 Å². The number of aliphatic carboxylic acids is 1. The van der Waals surface area contributed by atoms with Crippen molar-refractivity contribution in [3.63, 3.8) is 0 Å². The molecule has 2 unspecified atom stereocenters. The summed E-state index contributed by atoms with van der Waals surface area (Å²) in [6.07, 6.45) is 1.67. The summed E-state index contributed by atoms with van der Waals surface area (Å²) in [6, 6.07) is 1.59. The van der Waals surface area contributed by atoms with E-state index in [-0.39, 0.29) is 12.6 Å². The highest BCUT2D eigenvalue weighted by atomic mass is 16.5. The van der Waals surface area contributed by atoms with Gasteiger partial charge >= 0.3 is 5.97 Å². The van der Waals surface area contributed by atoms with Crippen LogP contribution in [-0.2, 0) is 9.53 Å². The van der Waals surface area contributed by atoms with Crippen molar-refractivity contribution in [3.8, 4) is 0 Å². The minimum Gasteiger partial charge on any atom is -0.481 e. The molecule has 92 valence electrons. The monoisotopic (exact) mass is 237 g/mol. The zero-order chi connectivity index (χ0) is 12.4. The third kappa shape index (κ3) is 2.36. The molecule has 2 atom stereocenters. The van der Waals surface area contributed by atoms with Crippen LogP contribution in [0.1, 0.15) is 5.69 Å². The van der Waals surface area contributed by atoms with Gasteiger partial charge in [0.2, 0.25) is 5.95 Å². The molecular weight excluding hydrogens is 222 g/mol. The second kappa shape index (κ2) is 4.67. The van der Waals surface area contributed by atoms with Crippen molar-refractivity contribution >= 4 is 11.9 Å². The molecule has 0 bridgehead atoms. The summed E-state index contributed by atoms with van der Waals surface area (Å²) >= 11 is 0. The quantitative estimate of drug-likeness (QED) is 0.816. The second-order valence-corrected chi connectivity index (χ2v) is 4.16. The number of hydrogen-bond acceptors (Lipinski definition) is 5. The summed E-state index contributed by atoms with van der Waals surface area (Å²) in [4.78, 5) is 21.3. The van der Waals surface area contributed by atoms with Gasteiger partial charge in [-0.05, 0) is 13.0 Å². The van der Waals surface area contributed by atoms with E-state index in [2.05, 4.69) is 9.97 Å². The van der Waals surface area contributed by atoms with Gasteiger partial charge in [-0.15, -0.1) is 0 Å². The molecule has 1 N–H and O–H groups in total. The molecule has 1 fully saturated rings. The average molecular weight is 237 g/mol. The number of anilines is 1. The predicted molar refractivity (Wildman–Crippen MR) is 60.9 cm³/mol. The van der Waals surface area contributed by atoms with Gasteiger partial charge in [-0.25, -0.2) is 9.97 Å². The van der Waals surface area contributed by atoms with E-state index in [9.17, 15) is 4.79 Å². The average Bonchev–Trinajstić information content (AvgIpc) is 2.77. The summed E-state index contributed by atoms with van der Waals surface area (Å²) in [6.45, 7) is 2.51. The molecule has 1 aliphatic heterocycles. The van der Waals surface area contributed by atoms with Crippen LogP contribution in [-0.4, -0.2) is 47.3 Å². The number of nitrogens with zero attached hydrogens (tertiary/aromatic N) is 3. The van der Waals surface area contributed by atoms with Crippen LogP contribution in [0.3, 0.4) is 0 Å². The molecule has 17 heavy (non-hydrogen) atoms. The van der Waals surface area contributed by atoms with Gasteiger partial charge in [-0.1, -0.05) is 0 Å². The number of hydrogen-bond donors (Lipinski definition) is 1. The molecule has 6 nitrogen and oxygen atoms in total. The molecular formula is C11H15N3O3. The van der Waals surface area contributed by atoms with E-state index in [0.29, 0.717) is 12.6 Å². The van der Waals surface area contributed by atoms with E-state index in [1.54, 1.807) is 24.2 Å². The van der Waals surface area contributed by atoms with Crippen molar-refractivity contribution in [1.82, 2.24) is 9.97 Å². The fourth-order valence-electron chi connectivity index (χ4n) is 1.91. The minimum absolute atomic E-state index is 0.214. The zero-order valence-electron chi connectivity index (χ0n) is 9.83. The van der Waals surface area contributed by atoms with Gasteiger partial charge in [0.25, 0.3) is 0 Å². The second-order valence-electron chi connectivity index (χ2n) is 4.16. The largest absolute Gasteiger partial charge is 0.481 e. The molecule has 1 aromatic heterocycles. The van der Waals surface area contributed by atoms with Gasteiger partial charge in [-0.2, -0.15) is 0 Å². The Morgan fingerprint density at radius 1 is 1.59 bits per heavy atom. The molecule has 0 aromatic carbocycles. The molecule has 0 saturated carbocycles. The Hall–Kier alpha value is -1.69. The van der Waals surface area contributed by atoms with Gasteiger partial charge in [0, 0.05) is 18.9 Å². The predicted octanol–water partition coefficient (Wildman–Crippen LogP) is 0.321. The normalized spacial score (nSPS) is 23.6. The highest BCUT2D eigenvalue weighted by Crippen LogP contribution is 2.21. The van der Waals surface area contributed by atoms with E-state index in [1.165, 1.54) is 0 Å². The SMILES string of the molecule is Cc1ccnc(N(C)C2COCC2C(=O)O)n1. The van der Waals surface area contributed by atoms with Gasteiger partial charge in [0.15, 0.2) is 0 Å². The highest BCUT2D eigenvalue weighted by Gasteiger charge is 2.37. The summed E-state index contributed by atoms with van der Waals surface area (Å²) in [5, 5.41) is 9.09. The van der Waals surface area contributed by atoms with Crippen LogP contribution in [0.4, 0.5) is 5.95 Å². The Bertz CT molecular complexity index is 424. The number of carbonyl (C=O) groups is 1. The van der Waals surface area contributed by atoms with E-state index in [1.807, 2.05) is 6.92 Å². The Morgan fingerprint density at radius 3 is 3.00 bits per heavy atom. The van der Waals surface area contributed by atoms with E-state index in [0.717, 1.165) is 5.69 Å². The first-order valence-corrected chi connectivity index (χ1v) is 5.42. The first kappa shape index (κ1) is 11.8. The molecule has 1 aliphatic rings. The molecule has 1 aromatic rings. The van der Waals surface area contributed by atoms with Crippen molar-refractivity contribution < 1.29 is 14.6 Å². The van der Waals surface area contributed by atoms with Crippen molar-refractivity contribution in [2.75, 3.05) is 25.2 Å². The fourth-order valence-corrected chi connectivity index (χ4v) is 1.91. The van der Waals surface area contributed by atoms with Crippen LogP contribution < -0.4 is 4.90 Å². The summed E-state index contributed by atoms with van der Waals surface area (Å²) in [5.41, 5.74) is 0.854. The Labute approximate surface area is 99.2 Å². The minimum atomic E-state index is -0.841. The van der Waals surface area contributed by atoms with Gasteiger partial charge in [0.1, 0.15) is 5.92 Å². The lowest BCUT2D eigenvalue weighted by Gasteiger charge is -2.26. The van der Waals surface area contributed by atoms with Crippen molar-refractivity contribution in [2.24, 2.45) is 5.92 Å². The fraction of sp³-hybridized carbons (Fsp3) is 0.545. The number of ether oxygens (including phenoxy) is 1. The number of carboxylic acid groups (broad SMARTS) is 1.